The smallest absolute Gasteiger partial charge is 0.258 e. The number of alkyl halides is 3. The van der Waals surface area contributed by atoms with E-state index in [2.05, 4.69) is 0 Å². The number of nitro benzene ring substituents is 1. The fourth-order valence-electron chi connectivity index (χ4n) is 1.24. The van der Waals surface area contributed by atoms with Crippen LogP contribution >= 0.6 is 23.2 Å². The average molecular weight is 274 g/mol. The molecule has 88 valence electrons. The van der Waals surface area contributed by atoms with Gasteiger partial charge >= 0.3 is 6.18 Å². The van der Waals surface area contributed by atoms with E-state index in [0.717, 1.165) is 13.0 Å². The normalized spacial score (nSPS) is 11.6. The highest BCUT2D eigenvalue weighted by Gasteiger charge is 2.42. The maximum atomic E-state index is 12.6. The molecule has 0 unspecified atom stereocenters. The molecule has 0 amide bonds. The lowest BCUT2D eigenvalue weighted by atomic mass is 10.1. The lowest BCUT2D eigenvalue weighted by Crippen LogP contribution is -2.11. The SMILES string of the molecule is Cc1cc(Cl)c(Cl)c(C(F)(F)F)c1[N+](=O)[O-]. The van der Waals surface area contributed by atoms with E-state index >= 15 is 0 Å². The van der Waals surface area contributed by atoms with Gasteiger partial charge in [-0.2, -0.15) is 13.2 Å². The van der Waals surface area contributed by atoms with Gasteiger partial charge in [0.2, 0.25) is 0 Å². The Morgan fingerprint density at radius 2 is 1.88 bits per heavy atom. The molecule has 0 aromatic heterocycles. The van der Waals surface area contributed by atoms with Gasteiger partial charge in [-0.3, -0.25) is 10.1 Å². The molecule has 0 spiro atoms. The molecule has 1 rings (SSSR count). The topological polar surface area (TPSA) is 43.1 Å². The second kappa shape index (κ2) is 4.10. The summed E-state index contributed by atoms with van der Waals surface area (Å²) in [6, 6.07) is 1.03. The first-order chi connectivity index (χ1) is 7.16. The molecule has 3 nitrogen and oxygen atoms in total. The molecule has 0 aliphatic heterocycles. The summed E-state index contributed by atoms with van der Waals surface area (Å²) in [5, 5.41) is 9.34. The van der Waals surface area contributed by atoms with Gasteiger partial charge in [-0.25, -0.2) is 0 Å². The summed E-state index contributed by atoms with van der Waals surface area (Å²) in [6.07, 6.45) is -4.92. The van der Waals surface area contributed by atoms with Gasteiger partial charge in [-0.1, -0.05) is 23.2 Å². The Balaban J connectivity index is 3.72. The van der Waals surface area contributed by atoms with Crippen molar-refractivity contribution in [1.82, 2.24) is 0 Å². The molecule has 1 aromatic carbocycles. The quantitative estimate of drug-likeness (QED) is 0.568. The van der Waals surface area contributed by atoms with Crippen LogP contribution in [0.2, 0.25) is 10.0 Å². The summed E-state index contributed by atoms with van der Waals surface area (Å²) in [7, 11) is 0. The number of hydrogen-bond donors (Lipinski definition) is 0. The van der Waals surface area contributed by atoms with Crippen LogP contribution < -0.4 is 0 Å². The van der Waals surface area contributed by atoms with Crippen molar-refractivity contribution in [3.05, 3.63) is 37.4 Å². The predicted octanol–water partition coefficient (Wildman–Crippen LogP) is 4.23. The minimum atomic E-state index is -4.92. The highest BCUT2D eigenvalue weighted by Crippen LogP contribution is 2.45. The number of benzene rings is 1. The van der Waals surface area contributed by atoms with E-state index in [1.807, 2.05) is 0 Å². The number of rotatable bonds is 1. The van der Waals surface area contributed by atoms with E-state index in [1.54, 1.807) is 0 Å². The Bertz CT molecular complexity index is 460. The zero-order valence-corrected chi connectivity index (χ0v) is 9.24. The van der Waals surface area contributed by atoms with Crippen molar-refractivity contribution in [3.63, 3.8) is 0 Å². The van der Waals surface area contributed by atoms with Crippen LogP contribution in [-0.2, 0) is 6.18 Å². The molecule has 0 saturated heterocycles. The number of halogens is 5. The van der Waals surface area contributed by atoms with E-state index in [1.165, 1.54) is 0 Å². The van der Waals surface area contributed by atoms with E-state index < -0.39 is 27.4 Å². The summed E-state index contributed by atoms with van der Waals surface area (Å²) in [5.74, 6) is 0. The number of nitro groups is 1. The van der Waals surface area contributed by atoms with E-state index in [4.69, 9.17) is 23.2 Å². The minimum Gasteiger partial charge on any atom is -0.258 e. The predicted molar refractivity (Wildman–Crippen MR) is 52.9 cm³/mol. The lowest BCUT2D eigenvalue weighted by molar-refractivity contribution is -0.388. The van der Waals surface area contributed by atoms with Gasteiger partial charge in [0.25, 0.3) is 5.69 Å². The van der Waals surface area contributed by atoms with Crippen LogP contribution in [0.1, 0.15) is 11.1 Å². The number of nitrogens with zero attached hydrogens (tertiary/aromatic N) is 1. The molecule has 8 heteroatoms. The highest BCUT2D eigenvalue weighted by atomic mass is 35.5. The molecule has 16 heavy (non-hydrogen) atoms. The first-order valence-corrected chi connectivity index (χ1v) is 4.62. The molecule has 0 radical (unpaired) electrons. The molecule has 0 aliphatic carbocycles. The lowest BCUT2D eigenvalue weighted by Gasteiger charge is -2.12. The molecule has 1 aromatic rings. The van der Waals surface area contributed by atoms with Crippen molar-refractivity contribution >= 4 is 28.9 Å². The molecule has 0 N–H and O–H groups in total. The molecule has 0 aliphatic rings. The first kappa shape index (κ1) is 13.1. The second-order valence-electron chi connectivity index (χ2n) is 2.97. The van der Waals surface area contributed by atoms with Crippen LogP contribution in [-0.4, -0.2) is 4.92 Å². The van der Waals surface area contributed by atoms with Gasteiger partial charge in [0.15, 0.2) is 5.56 Å². The van der Waals surface area contributed by atoms with Gasteiger partial charge < -0.3 is 0 Å². The Hall–Kier alpha value is -1.01. The third-order valence-electron chi connectivity index (χ3n) is 1.85. The van der Waals surface area contributed by atoms with Gasteiger partial charge in [-0.05, 0) is 13.0 Å². The zero-order chi connectivity index (χ0) is 12.7. The fourth-order valence-corrected chi connectivity index (χ4v) is 1.75. The fraction of sp³-hybridized carbons (Fsp3) is 0.250. The zero-order valence-electron chi connectivity index (χ0n) is 7.73. The molecule has 0 bridgehead atoms. The van der Waals surface area contributed by atoms with Crippen molar-refractivity contribution in [2.45, 2.75) is 13.1 Å². The monoisotopic (exact) mass is 273 g/mol. The van der Waals surface area contributed by atoms with Crippen molar-refractivity contribution in [3.8, 4) is 0 Å². The summed E-state index contributed by atoms with van der Waals surface area (Å²) in [6.45, 7) is 1.16. The van der Waals surface area contributed by atoms with E-state index in [-0.39, 0.29) is 10.6 Å². The van der Waals surface area contributed by atoms with Crippen molar-refractivity contribution in [2.75, 3.05) is 0 Å². The largest absolute Gasteiger partial charge is 0.424 e. The van der Waals surface area contributed by atoms with Crippen molar-refractivity contribution < 1.29 is 18.1 Å². The second-order valence-corrected chi connectivity index (χ2v) is 3.75. The minimum absolute atomic E-state index is 0.188. The molecule has 0 saturated carbocycles. The molecular formula is C8H4Cl2F3NO2. The van der Waals surface area contributed by atoms with Gasteiger partial charge in [0.1, 0.15) is 0 Å². The van der Waals surface area contributed by atoms with Crippen LogP contribution in [0.5, 0.6) is 0 Å². The first-order valence-electron chi connectivity index (χ1n) is 3.86. The van der Waals surface area contributed by atoms with Gasteiger partial charge in [-0.15, -0.1) is 0 Å². The molecule has 0 atom stereocenters. The maximum Gasteiger partial charge on any atom is 0.424 e. The third kappa shape index (κ3) is 2.22. The Labute approximate surface area is 97.9 Å². The van der Waals surface area contributed by atoms with E-state index in [9.17, 15) is 23.3 Å². The Kier molecular flexibility index (Phi) is 3.35. The van der Waals surface area contributed by atoms with Crippen LogP contribution in [0.3, 0.4) is 0 Å². The van der Waals surface area contributed by atoms with Crippen LogP contribution in [0, 0.1) is 17.0 Å². The average Bonchev–Trinajstić information content (AvgIpc) is 2.07. The van der Waals surface area contributed by atoms with Gasteiger partial charge in [0, 0.05) is 5.56 Å². The standard InChI is InChI=1S/C8H4Cl2F3NO2/c1-3-2-4(9)6(10)5(8(11,12)13)7(3)14(15)16/h2H,1H3. The van der Waals surface area contributed by atoms with E-state index in [0.29, 0.717) is 0 Å². The summed E-state index contributed by atoms with van der Waals surface area (Å²) < 4.78 is 37.7. The van der Waals surface area contributed by atoms with Crippen molar-refractivity contribution in [2.24, 2.45) is 0 Å². The maximum absolute atomic E-state index is 12.6. The molecule has 0 heterocycles. The number of aryl methyl sites for hydroxylation is 1. The molecular weight excluding hydrogens is 270 g/mol. The Morgan fingerprint density at radius 3 is 2.25 bits per heavy atom. The summed E-state index contributed by atoms with van der Waals surface area (Å²) in [5.41, 5.74) is -2.77. The number of hydrogen-bond acceptors (Lipinski definition) is 2. The third-order valence-corrected chi connectivity index (χ3v) is 2.64. The summed E-state index contributed by atoms with van der Waals surface area (Å²) in [4.78, 5) is 9.43. The Morgan fingerprint density at radius 1 is 1.38 bits per heavy atom. The van der Waals surface area contributed by atoms with Crippen LogP contribution in [0.15, 0.2) is 6.07 Å². The molecule has 0 fully saturated rings. The van der Waals surface area contributed by atoms with Crippen molar-refractivity contribution in [1.29, 1.82) is 0 Å². The van der Waals surface area contributed by atoms with Crippen LogP contribution in [0.4, 0.5) is 18.9 Å². The van der Waals surface area contributed by atoms with Gasteiger partial charge in [0.05, 0.1) is 15.0 Å². The summed E-state index contributed by atoms with van der Waals surface area (Å²) >= 11 is 10.8. The van der Waals surface area contributed by atoms with Crippen LogP contribution in [0.25, 0.3) is 0 Å². The highest BCUT2D eigenvalue weighted by molar-refractivity contribution is 6.42.